The van der Waals surface area contributed by atoms with Crippen molar-refractivity contribution < 1.29 is 19.2 Å². The number of hydrogen-bond donors (Lipinski definition) is 2. The van der Waals surface area contributed by atoms with Gasteiger partial charge >= 0.3 is 12.1 Å². The van der Waals surface area contributed by atoms with Gasteiger partial charge in [0, 0.05) is 42.8 Å². The van der Waals surface area contributed by atoms with E-state index >= 15 is 0 Å². The molecule has 3 heterocycles. The summed E-state index contributed by atoms with van der Waals surface area (Å²) in [5, 5.41) is 13.9. The minimum Gasteiger partial charge on any atom is -0.444 e. The number of thiophene rings is 1. The molecule has 2 aromatic rings. The topological polar surface area (TPSA) is 173 Å². The number of rotatable bonds is 4. The zero-order valence-electron chi connectivity index (χ0n) is 22.7. The average Bonchev–Trinajstić information content (AvgIpc) is 3.05. The molecule has 2 aliphatic rings. The van der Waals surface area contributed by atoms with Crippen molar-refractivity contribution in [3.63, 3.8) is 0 Å². The van der Waals surface area contributed by atoms with E-state index in [4.69, 9.17) is 21.0 Å². The third-order valence-electron chi connectivity index (χ3n) is 6.77. The first-order valence-corrected chi connectivity index (χ1v) is 13.7. The van der Waals surface area contributed by atoms with Crippen molar-refractivity contribution in [3.05, 3.63) is 34.0 Å². The van der Waals surface area contributed by atoms with E-state index in [0.29, 0.717) is 66.8 Å². The van der Waals surface area contributed by atoms with Crippen LogP contribution in [0.4, 0.5) is 15.7 Å². The molecule has 0 saturated carbocycles. The van der Waals surface area contributed by atoms with Crippen molar-refractivity contribution in [2.24, 2.45) is 10.9 Å². The van der Waals surface area contributed by atoms with Crippen molar-refractivity contribution in [1.29, 1.82) is 5.26 Å². The van der Waals surface area contributed by atoms with Crippen molar-refractivity contribution >= 4 is 40.2 Å². The first-order chi connectivity index (χ1) is 18.4. The predicted molar refractivity (Wildman–Crippen MR) is 147 cm³/mol. The van der Waals surface area contributed by atoms with E-state index in [2.05, 4.69) is 21.2 Å². The smallest absolute Gasteiger partial charge is 0.410 e. The summed E-state index contributed by atoms with van der Waals surface area (Å²) in [6, 6.07) is 3.71. The third-order valence-corrected chi connectivity index (χ3v) is 7.84. The highest BCUT2D eigenvalue weighted by atomic mass is 32.1. The third kappa shape index (κ3) is 6.06. The van der Waals surface area contributed by atoms with Gasteiger partial charge < -0.3 is 30.8 Å². The molecule has 12 nitrogen and oxygen atoms in total. The molecule has 1 amide bonds. The van der Waals surface area contributed by atoms with Gasteiger partial charge in [-0.3, -0.25) is 0 Å². The first-order valence-electron chi connectivity index (χ1n) is 12.9. The van der Waals surface area contributed by atoms with E-state index in [0.717, 1.165) is 17.7 Å². The molecule has 1 aliphatic heterocycles. The van der Waals surface area contributed by atoms with E-state index in [9.17, 15) is 14.9 Å². The molecule has 39 heavy (non-hydrogen) atoms. The number of amidine groups is 1. The molecule has 0 unspecified atom stereocenters. The highest BCUT2D eigenvalue weighted by Gasteiger charge is 2.44. The Hall–Kier alpha value is -3.92. The normalized spacial score (nSPS) is 20.0. The van der Waals surface area contributed by atoms with Crippen molar-refractivity contribution in [2.45, 2.75) is 64.4 Å². The number of aromatic nitrogens is 2. The van der Waals surface area contributed by atoms with Crippen LogP contribution in [0.2, 0.25) is 0 Å². The van der Waals surface area contributed by atoms with Gasteiger partial charge in [-0.05, 0) is 59.4 Å². The number of oxime groups is 1. The van der Waals surface area contributed by atoms with Crippen LogP contribution in [-0.4, -0.2) is 64.5 Å². The Morgan fingerprint density at radius 3 is 2.72 bits per heavy atom. The maximum absolute atomic E-state index is 13.2. The molecule has 4 rings (SSSR count). The molecule has 0 aromatic carbocycles. The van der Waals surface area contributed by atoms with E-state index in [1.807, 2.05) is 25.7 Å². The molecule has 4 N–H and O–H groups in total. The van der Waals surface area contributed by atoms with Gasteiger partial charge in [-0.15, -0.1) is 11.3 Å². The summed E-state index contributed by atoms with van der Waals surface area (Å²) in [6.45, 7) is 9.44. The molecular weight excluding hydrogens is 520 g/mol. The monoisotopic (exact) mass is 554 g/mol. The summed E-state index contributed by atoms with van der Waals surface area (Å²) in [5.74, 6) is -0.258. The Balaban J connectivity index is 1.45. The lowest BCUT2D eigenvalue weighted by Gasteiger charge is -2.30. The number of hydrogen-bond acceptors (Lipinski definition) is 11. The minimum atomic E-state index is -1.06. The zero-order chi connectivity index (χ0) is 28.4. The summed E-state index contributed by atoms with van der Waals surface area (Å²) < 4.78 is 5.50. The van der Waals surface area contributed by atoms with Crippen LogP contribution < -0.4 is 16.4 Å². The van der Waals surface area contributed by atoms with Crippen LogP contribution in [-0.2, 0) is 26.2 Å². The largest absolute Gasteiger partial charge is 0.444 e. The average molecular weight is 555 g/mol. The zero-order valence-corrected chi connectivity index (χ0v) is 23.5. The SMILES string of the molecule is CC(C)(C)OC(=O)N1CCCN(c2nccc(/C(N)=N/OC(=O)[C@@]3(C)CCCc4sc(N)c(C#N)c43)n2)CC1. The molecular formula is C26H34N8O4S. The first kappa shape index (κ1) is 28.1. The van der Waals surface area contributed by atoms with Gasteiger partial charge in [0.05, 0.1) is 11.0 Å². The number of nitriles is 1. The fraction of sp³-hybridized carbons (Fsp3) is 0.538. The number of nitrogens with zero attached hydrogens (tertiary/aromatic N) is 6. The Labute approximate surface area is 231 Å². The lowest BCUT2D eigenvalue weighted by Crippen LogP contribution is -2.39. The quantitative estimate of drug-likeness (QED) is 0.247. The van der Waals surface area contributed by atoms with E-state index in [1.54, 1.807) is 24.1 Å². The minimum absolute atomic E-state index is 0.0813. The second kappa shape index (κ2) is 11.1. The molecule has 208 valence electrons. The summed E-state index contributed by atoms with van der Waals surface area (Å²) in [7, 11) is 0. The van der Waals surface area contributed by atoms with Crippen molar-refractivity contribution in [2.75, 3.05) is 36.8 Å². The van der Waals surface area contributed by atoms with E-state index in [1.165, 1.54) is 11.3 Å². The van der Waals surface area contributed by atoms with Gasteiger partial charge in [0.25, 0.3) is 0 Å². The fourth-order valence-corrected chi connectivity index (χ4v) is 6.00. The van der Waals surface area contributed by atoms with Crippen LogP contribution in [0.3, 0.4) is 0 Å². The van der Waals surface area contributed by atoms with E-state index in [-0.39, 0.29) is 11.9 Å². The molecule has 0 spiro atoms. The molecule has 0 bridgehead atoms. The Morgan fingerprint density at radius 2 is 2.00 bits per heavy atom. The molecule has 0 radical (unpaired) electrons. The number of amides is 1. The Kier molecular flexibility index (Phi) is 7.96. The number of nitrogens with two attached hydrogens (primary N) is 2. The van der Waals surface area contributed by atoms with Crippen LogP contribution in [0.5, 0.6) is 0 Å². The summed E-state index contributed by atoms with van der Waals surface area (Å²) >= 11 is 1.34. The number of ether oxygens (including phenoxy) is 1. The van der Waals surface area contributed by atoms with Gasteiger partial charge in [-0.2, -0.15) is 5.26 Å². The van der Waals surface area contributed by atoms with Crippen LogP contribution in [0.1, 0.15) is 68.7 Å². The number of anilines is 2. The fourth-order valence-electron chi connectivity index (χ4n) is 4.81. The highest BCUT2D eigenvalue weighted by molar-refractivity contribution is 7.16. The predicted octanol–water partition coefficient (Wildman–Crippen LogP) is 2.90. The van der Waals surface area contributed by atoms with Crippen LogP contribution in [0.15, 0.2) is 17.4 Å². The molecule has 1 fully saturated rings. The maximum Gasteiger partial charge on any atom is 0.410 e. The highest BCUT2D eigenvalue weighted by Crippen LogP contribution is 2.46. The van der Waals surface area contributed by atoms with Crippen molar-refractivity contribution in [1.82, 2.24) is 14.9 Å². The number of carbonyl (C=O) groups is 2. The standard InChI is InChI=1S/C26H34N8O4S/c1-25(2,3)37-24(36)34-12-6-11-33(13-14-34)23-30-10-8-17(31-23)20(28)32-38-22(35)26(4)9-5-7-18-19(26)16(15-27)21(29)39-18/h8,10H,5-7,9,11-14,29H2,1-4H3,(H2,28,32)/t26-/m0/s1. The summed E-state index contributed by atoms with van der Waals surface area (Å²) in [5.41, 5.74) is 11.8. The number of aryl methyl sites for hydroxylation is 1. The Bertz CT molecular complexity index is 1330. The summed E-state index contributed by atoms with van der Waals surface area (Å²) in [6.07, 6.45) is 3.96. The van der Waals surface area contributed by atoms with Gasteiger partial charge in [0.1, 0.15) is 22.4 Å². The molecule has 13 heteroatoms. The lowest BCUT2D eigenvalue weighted by molar-refractivity contribution is -0.150. The van der Waals surface area contributed by atoms with Crippen LogP contribution in [0.25, 0.3) is 0 Å². The van der Waals surface area contributed by atoms with Crippen LogP contribution >= 0.6 is 11.3 Å². The van der Waals surface area contributed by atoms with Crippen molar-refractivity contribution in [3.8, 4) is 6.07 Å². The van der Waals surface area contributed by atoms with Crippen LogP contribution in [0, 0.1) is 11.3 Å². The second-order valence-electron chi connectivity index (χ2n) is 10.8. The molecule has 1 aliphatic carbocycles. The molecule has 1 atom stereocenters. The number of fused-ring (bicyclic) bond motifs is 1. The van der Waals surface area contributed by atoms with E-state index < -0.39 is 17.0 Å². The van der Waals surface area contributed by atoms with Gasteiger partial charge in [0.15, 0.2) is 5.84 Å². The Morgan fingerprint density at radius 1 is 1.23 bits per heavy atom. The maximum atomic E-state index is 13.2. The molecule has 2 aromatic heterocycles. The summed E-state index contributed by atoms with van der Waals surface area (Å²) in [4.78, 5) is 44.4. The van der Waals surface area contributed by atoms with Gasteiger partial charge in [0.2, 0.25) is 5.95 Å². The van der Waals surface area contributed by atoms with Gasteiger partial charge in [-0.25, -0.2) is 19.6 Å². The lowest BCUT2D eigenvalue weighted by atomic mass is 9.72. The number of nitrogen functional groups attached to an aromatic ring is 1. The molecule has 1 saturated heterocycles. The second-order valence-corrected chi connectivity index (χ2v) is 12.0. The number of carbonyl (C=O) groups excluding carboxylic acids is 2. The van der Waals surface area contributed by atoms with Gasteiger partial charge in [-0.1, -0.05) is 5.16 Å².